The Bertz CT molecular complexity index is 1010. The fourth-order valence-corrected chi connectivity index (χ4v) is 13.8. The van der Waals surface area contributed by atoms with E-state index in [1.165, 1.54) is 0 Å². The van der Waals surface area contributed by atoms with Gasteiger partial charge in [0.1, 0.15) is 0 Å². The quantitative estimate of drug-likeness (QED) is 0.253. The molecule has 0 amide bonds. The Balaban J connectivity index is 1.95. The number of aliphatic carboxylic acids is 1. The minimum Gasteiger partial charge on any atom is -0.481 e. The Hall–Kier alpha value is -1.18. The summed E-state index contributed by atoms with van der Waals surface area (Å²) in [4.78, 5) is 12.1. The second kappa shape index (κ2) is 11.5. The smallest absolute Gasteiger partial charge is 0.303 e. The summed E-state index contributed by atoms with van der Waals surface area (Å²) in [5.74, 6) is -0.767. The number of hydrogen-bond donors (Lipinski definition) is 1. The van der Waals surface area contributed by atoms with E-state index in [2.05, 4.69) is 41.5 Å². The number of fused-ring (bicyclic) bond motifs is 1. The van der Waals surface area contributed by atoms with Gasteiger partial charge in [-0.3, -0.25) is 4.79 Å². The molecule has 2 aliphatic carbocycles. The van der Waals surface area contributed by atoms with Crippen LogP contribution in [-0.2, 0) is 19.1 Å². The number of carboxylic acids is 1. The van der Waals surface area contributed by atoms with Crippen molar-refractivity contribution in [2.75, 3.05) is 0 Å². The van der Waals surface area contributed by atoms with Crippen LogP contribution in [0.1, 0.15) is 99.3 Å². The van der Waals surface area contributed by atoms with Crippen molar-refractivity contribution in [2.45, 2.75) is 133 Å². The van der Waals surface area contributed by atoms with Crippen molar-refractivity contribution in [3.05, 3.63) is 30.3 Å². The average molecular weight is 551 g/mol. The van der Waals surface area contributed by atoms with E-state index in [4.69, 9.17) is 4.43 Å². The Kier molecular flexibility index (Phi) is 9.44. The Morgan fingerprint density at radius 3 is 2.27 bits per heavy atom. The summed E-state index contributed by atoms with van der Waals surface area (Å²) in [6.45, 7) is 13.3. The summed E-state index contributed by atoms with van der Waals surface area (Å²) in [5.41, 5.74) is -0.551. The van der Waals surface area contributed by atoms with Crippen molar-refractivity contribution in [3.63, 3.8) is 0 Å². The number of hydrogen-bond acceptors (Lipinski definition) is 4. The number of carboxylic acid groups (broad SMARTS) is 1. The number of carbonyl (C=O) groups is 1. The number of sulfone groups is 1. The van der Waals surface area contributed by atoms with Gasteiger partial charge in [0.25, 0.3) is 0 Å². The molecule has 1 N–H and O–H groups in total. The van der Waals surface area contributed by atoms with E-state index in [9.17, 15) is 18.3 Å². The van der Waals surface area contributed by atoms with Crippen molar-refractivity contribution >= 4 is 24.1 Å². The highest BCUT2D eigenvalue weighted by Gasteiger charge is 2.62. The summed E-state index contributed by atoms with van der Waals surface area (Å²) in [7, 11) is -5.40. The zero-order valence-electron chi connectivity index (χ0n) is 24.0. The summed E-state index contributed by atoms with van der Waals surface area (Å²) in [6, 6.07) is 12.3. The van der Waals surface area contributed by atoms with Gasteiger partial charge in [-0.05, 0) is 106 Å². The molecule has 1 unspecified atom stereocenters. The third-order valence-corrected chi connectivity index (χ3v) is 17.8. The predicted molar refractivity (Wildman–Crippen MR) is 153 cm³/mol. The maximum Gasteiger partial charge on any atom is 0.303 e. The topological polar surface area (TPSA) is 80.7 Å². The predicted octanol–water partition coefficient (Wildman–Crippen LogP) is 7.86. The highest BCUT2D eigenvalue weighted by molar-refractivity contribution is 7.92. The minimum absolute atomic E-state index is 0.0253. The molecular weight excluding hydrogens is 500 g/mol. The number of benzene rings is 1. The first-order valence-electron chi connectivity index (χ1n) is 14.5. The molecule has 0 aliphatic heterocycles. The Labute approximate surface area is 226 Å². The van der Waals surface area contributed by atoms with Gasteiger partial charge >= 0.3 is 5.97 Å². The molecule has 0 heterocycles. The molecule has 210 valence electrons. The second-order valence-electron chi connectivity index (χ2n) is 12.6. The van der Waals surface area contributed by atoms with Crippen LogP contribution in [-0.4, -0.2) is 38.2 Å². The lowest BCUT2D eigenvalue weighted by atomic mass is 9.59. The lowest BCUT2D eigenvalue weighted by molar-refractivity contribution is -0.139. The van der Waals surface area contributed by atoms with Gasteiger partial charge in [0.15, 0.2) is 18.2 Å². The molecular formula is C30H50O5SSi. The first-order valence-corrected chi connectivity index (χ1v) is 18.5. The first kappa shape index (κ1) is 30.4. The van der Waals surface area contributed by atoms with Crippen LogP contribution in [0.5, 0.6) is 0 Å². The zero-order valence-corrected chi connectivity index (χ0v) is 25.8. The van der Waals surface area contributed by atoms with Crippen molar-refractivity contribution in [1.82, 2.24) is 0 Å². The van der Waals surface area contributed by atoms with Crippen molar-refractivity contribution < 1.29 is 22.7 Å². The molecule has 4 atom stereocenters. The monoisotopic (exact) mass is 550 g/mol. The maximum absolute atomic E-state index is 14.5. The second-order valence-corrected chi connectivity index (χ2v) is 19.6. The average Bonchev–Trinajstić information content (AvgIpc) is 3.19. The van der Waals surface area contributed by atoms with Crippen LogP contribution < -0.4 is 0 Å². The van der Waals surface area contributed by atoms with Gasteiger partial charge < -0.3 is 9.53 Å². The molecule has 2 fully saturated rings. The SMILES string of the molecule is CC[Si](CC)(CC)OC(C)(C)CCCC1(S(=O)(=O)c2ccccc2)CCC[C@@]2(C)[C@H](CC(=O)O)CC[C@H]12. The van der Waals surface area contributed by atoms with E-state index in [0.29, 0.717) is 17.7 Å². The Morgan fingerprint density at radius 2 is 1.70 bits per heavy atom. The van der Waals surface area contributed by atoms with Gasteiger partial charge in [0.05, 0.1) is 15.2 Å². The van der Waals surface area contributed by atoms with Gasteiger partial charge in [-0.2, -0.15) is 0 Å². The van der Waals surface area contributed by atoms with E-state index >= 15 is 0 Å². The van der Waals surface area contributed by atoms with Crippen LogP contribution in [0, 0.1) is 17.3 Å². The lowest BCUT2D eigenvalue weighted by Crippen LogP contribution is -2.54. The third kappa shape index (κ3) is 5.89. The number of rotatable bonds is 13. The molecule has 7 heteroatoms. The molecule has 1 aromatic rings. The molecule has 0 radical (unpaired) electrons. The van der Waals surface area contributed by atoms with Crippen LogP contribution in [0.2, 0.25) is 18.1 Å². The van der Waals surface area contributed by atoms with Crippen molar-refractivity contribution in [3.8, 4) is 0 Å². The van der Waals surface area contributed by atoms with Crippen LogP contribution in [0.3, 0.4) is 0 Å². The van der Waals surface area contributed by atoms with Gasteiger partial charge in [0, 0.05) is 6.42 Å². The fourth-order valence-electron chi connectivity index (χ4n) is 8.05. The van der Waals surface area contributed by atoms with Crippen molar-refractivity contribution in [1.29, 1.82) is 0 Å². The minimum atomic E-state index is -3.61. The highest BCUT2D eigenvalue weighted by Crippen LogP contribution is 2.63. The summed E-state index contributed by atoms with van der Waals surface area (Å²) < 4.78 is 35.0. The summed E-state index contributed by atoms with van der Waals surface area (Å²) in [6.07, 6.45) is 6.34. The molecule has 3 rings (SSSR count). The van der Waals surface area contributed by atoms with E-state index in [0.717, 1.165) is 56.7 Å². The third-order valence-electron chi connectivity index (χ3n) is 10.3. The molecule has 37 heavy (non-hydrogen) atoms. The van der Waals surface area contributed by atoms with E-state index < -0.39 is 28.9 Å². The normalized spacial score (nSPS) is 28.7. The summed E-state index contributed by atoms with van der Waals surface area (Å²) >= 11 is 0. The van der Waals surface area contributed by atoms with Gasteiger partial charge in [-0.15, -0.1) is 0 Å². The molecule has 0 aromatic heterocycles. The van der Waals surface area contributed by atoms with E-state index in [1.807, 2.05) is 18.2 Å². The molecule has 0 saturated heterocycles. The zero-order chi connectivity index (χ0) is 27.5. The van der Waals surface area contributed by atoms with Gasteiger partial charge in [-0.1, -0.05) is 52.3 Å². The Morgan fingerprint density at radius 1 is 1.08 bits per heavy atom. The van der Waals surface area contributed by atoms with Crippen LogP contribution in [0.4, 0.5) is 0 Å². The highest BCUT2D eigenvalue weighted by atomic mass is 32.2. The molecule has 0 spiro atoms. The standard InChI is InChI=1S/C30H50O5SSi/c1-7-37(8-2,9-3)35-28(4,5)19-13-21-30(36(33,34)25-15-11-10-12-16-25)22-14-20-29(6)24(23-27(31)32)17-18-26(29)30/h10-12,15-16,24,26H,7-9,13-14,17-23H2,1-6H3,(H,31,32)/t24-,26-,29-,30?/m0/s1. The van der Waals surface area contributed by atoms with E-state index in [1.54, 1.807) is 12.1 Å². The maximum atomic E-state index is 14.5. The largest absolute Gasteiger partial charge is 0.481 e. The molecule has 1 aromatic carbocycles. The van der Waals surface area contributed by atoms with Gasteiger partial charge in [0.2, 0.25) is 0 Å². The molecule has 0 bridgehead atoms. The van der Waals surface area contributed by atoms with E-state index in [-0.39, 0.29) is 29.3 Å². The lowest BCUT2D eigenvalue weighted by Gasteiger charge is -2.52. The van der Waals surface area contributed by atoms with Crippen LogP contribution >= 0.6 is 0 Å². The van der Waals surface area contributed by atoms with Gasteiger partial charge in [-0.25, -0.2) is 8.42 Å². The molecule has 5 nitrogen and oxygen atoms in total. The fraction of sp³-hybridized carbons (Fsp3) is 0.767. The summed E-state index contributed by atoms with van der Waals surface area (Å²) in [5, 5.41) is 9.60. The van der Waals surface area contributed by atoms with Crippen LogP contribution in [0.15, 0.2) is 35.2 Å². The van der Waals surface area contributed by atoms with Crippen molar-refractivity contribution in [2.24, 2.45) is 17.3 Å². The van der Waals surface area contributed by atoms with Crippen LogP contribution in [0.25, 0.3) is 0 Å². The molecule has 2 saturated carbocycles. The molecule has 2 aliphatic rings. The first-order chi connectivity index (χ1) is 17.3.